The highest BCUT2D eigenvalue weighted by atomic mass is 16.4. The van der Waals surface area contributed by atoms with Crippen LogP contribution in [-0.2, 0) is 16.1 Å². The van der Waals surface area contributed by atoms with Gasteiger partial charge in [-0.3, -0.25) is 14.4 Å². The summed E-state index contributed by atoms with van der Waals surface area (Å²) in [5, 5.41) is 11.1. The quantitative estimate of drug-likeness (QED) is 0.744. The van der Waals surface area contributed by atoms with Gasteiger partial charge in [-0.25, -0.2) is 0 Å². The summed E-state index contributed by atoms with van der Waals surface area (Å²) >= 11 is 0. The molecule has 2 N–H and O–H groups in total. The first-order chi connectivity index (χ1) is 12.1. The first-order valence-electron chi connectivity index (χ1n) is 9.00. The van der Waals surface area contributed by atoms with Gasteiger partial charge in [0.25, 0.3) is 5.56 Å². The van der Waals surface area contributed by atoms with Crippen LogP contribution in [0.3, 0.4) is 0 Å². The number of hydrogen-bond acceptors (Lipinski definition) is 4. The molecule has 0 spiro atoms. The van der Waals surface area contributed by atoms with Crippen molar-refractivity contribution in [3.8, 4) is 0 Å². The van der Waals surface area contributed by atoms with Crippen molar-refractivity contribution in [3.63, 3.8) is 0 Å². The number of aliphatic carboxylic acids is 1. The molecule has 2 rings (SSSR count). The highest BCUT2D eigenvalue weighted by molar-refractivity contribution is 5.76. The number of anilines is 1. The normalized spacial score (nSPS) is 14.8. The summed E-state index contributed by atoms with van der Waals surface area (Å²) in [4.78, 5) is 36.4. The fourth-order valence-corrected chi connectivity index (χ4v) is 3.02. The molecule has 0 unspecified atom stereocenters. The summed E-state index contributed by atoms with van der Waals surface area (Å²) in [5.74, 6) is -1.12. The van der Waals surface area contributed by atoms with E-state index in [1.165, 1.54) is 25.7 Å². The molecule has 138 valence electrons. The van der Waals surface area contributed by atoms with Crippen molar-refractivity contribution in [1.29, 1.82) is 0 Å². The Morgan fingerprint density at radius 3 is 2.48 bits per heavy atom. The van der Waals surface area contributed by atoms with Crippen molar-refractivity contribution in [3.05, 3.63) is 28.7 Å². The second-order valence-corrected chi connectivity index (χ2v) is 6.42. The number of nitrogens with one attached hydrogen (secondary N) is 1. The average Bonchev–Trinajstić information content (AvgIpc) is 2.85. The van der Waals surface area contributed by atoms with E-state index in [9.17, 15) is 14.4 Å². The number of carbonyl (C=O) groups excluding carboxylic acids is 1. The van der Waals surface area contributed by atoms with Gasteiger partial charge >= 0.3 is 5.97 Å². The Morgan fingerprint density at radius 1 is 1.08 bits per heavy atom. The standard InChI is InChI=1S/C18H27N3O4/c22-16(19-10-9-18(24)25)6-5-13-21-14-15(7-8-17(21)23)20-11-3-1-2-4-12-20/h7-8,14H,1-6,9-13H2,(H,19,22)(H,24,25). The number of amides is 1. The van der Waals surface area contributed by atoms with Crippen molar-refractivity contribution >= 4 is 17.6 Å². The van der Waals surface area contributed by atoms with Crippen LogP contribution in [0.15, 0.2) is 23.1 Å². The van der Waals surface area contributed by atoms with E-state index in [4.69, 9.17) is 5.11 Å². The highest BCUT2D eigenvalue weighted by Gasteiger charge is 2.11. The van der Waals surface area contributed by atoms with E-state index in [2.05, 4.69) is 10.2 Å². The van der Waals surface area contributed by atoms with E-state index in [-0.39, 0.29) is 30.9 Å². The predicted molar refractivity (Wildman–Crippen MR) is 95.9 cm³/mol. The van der Waals surface area contributed by atoms with Gasteiger partial charge in [0.15, 0.2) is 0 Å². The van der Waals surface area contributed by atoms with Crippen LogP contribution in [0.2, 0.25) is 0 Å². The highest BCUT2D eigenvalue weighted by Crippen LogP contribution is 2.18. The molecule has 0 bridgehead atoms. The maximum Gasteiger partial charge on any atom is 0.305 e. The second kappa shape index (κ2) is 9.86. The number of hydrogen-bond donors (Lipinski definition) is 2. The number of aryl methyl sites for hydroxylation is 1. The Bertz CT molecular complexity index is 633. The minimum absolute atomic E-state index is 0.0649. The number of carboxylic acids is 1. The monoisotopic (exact) mass is 349 g/mol. The first-order valence-corrected chi connectivity index (χ1v) is 9.00. The molecule has 1 saturated heterocycles. The Hall–Kier alpha value is -2.31. The van der Waals surface area contributed by atoms with Crippen molar-refractivity contribution in [1.82, 2.24) is 9.88 Å². The van der Waals surface area contributed by atoms with E-state index in [0.717, 1.165) is 18.8 Å². The van der Waals surface area contributed by atoms with Gasteiger partial charge in [-0.05, 0) is 25.3 Å². The van der Waals surface area contributed by atoms with Gasteiger partial charge < -0.3 is 19.9 Å². The van der Waals surface area contributed by atoms with Crippen LogP contribution in [0.1, 0.15) is 44.9 Å². The lowest BCUT2D eigenvalue weighted by Crippen LogP contribution is -2.28. The SMILES string of the molecule is O=C(O)CCNC(=O)CCCn1cc(N2CCCCCC2)ccc1=O. The molecule has 0 saturated carbocycles. The van der Waals surface area contributed by atoms with Crippen LogP contribution < -0.4 is 15.8 Å². The number of pyridine rings is 1. The number of rotatable bonds is 8. The van der Waals surface area contributed by atoms with Crippen LogP contribution >= 0.6 is 0 Å². The number of aromatic nitrogens is 1. The molecule has 2 heterocycles. The van der Waals surface area contributed by atoms with Gasteiger partial charge in [-0.15, -0.1) is 0 Å². The largest absolute Gasteiger partial charge is 0.481 e. The van der Waals surface area contributed by atoms with Gasteiger partial charge in [0.1, 0.15) is 0 Å². The van der Waals surface area contributed by atoms with Crippen molar-refractivity contribution in [2.24, 2.45) is 0 Å². The summed E-state index contributed by atoms with van der Waals surface area (Å²) in [6.45, 7) is 2.65. The molecular weight excluding hydrogens is 322 g/mol. The van der Waals surface area contributed by atoms with Crippen LogP contribution in [-0.4, -0.2) is 41.2 Å². The van der Waals surface area contributed by atoms with Crippen molar-refractivity contribution < 1.29 is 14.7 Å². The molecule has 0 atom stereocenters. The molecule has 0 aliphatic carbocycles. The van der Waals surface area contributed by atoms with Crippen LogP contribution in [0.5, 0.6) is 0 Å². The number of carbonyl (C=O) groups is 2. The Balaban J connectivity index is 1.84. The molecule has 1 amide bonds. The number of carboxylic acid groups (broad SMARTS) is 1. The third-order valence-corrected chi connectivity index (χ3v) is 4.40. The van der Waals surface area contributed by atoms with Crippen LogP contribution in [0.25, 0.3) is 0 Å². The zero-order chi connectivity index (χ0) is 18.1. The lowest BCUT2D eigenvalue weighted by molar-refractivity contribution is -0.136. The van der Waals surface area contributed by atoms with Crippen molar-refractivity contribution in [2.45, 2.75) is 51.5 Å². The molecule has 7 nitrogen and oxygen atoms in total. The van der Waals surface area contributed by atoms with E-state index in [1.807, 2.05) is 12.3 Å². The lowest BCUT2D eigenvalue weighted by Gasteiger charge is -2.23. The molecule has 25 heavy (non-hydrogen) atoms. The smallest absolute Gasteiger partial charge is 0.305 e. The third-order valence-electron chi connectivity index (χ3n) is 4.40. The summed E-state index contributed by atoms with van der Waals surface area (Å²) < 4.78 is 1.66. The molecule has 0 radical (unpaired) electrons. The molecular formula is C18H27N3O4. The first kappa shape index (κ1) is 19.0. The minimum Gasteiger partial charge on any atom is -0.481 e. The zero-order valence-electron chi connectivity index (χ0n) is 14.6. The summed E-state index contributed by atoms with van der Waals surface area (Å²) in [6.07, 6.45) is 7.49. The van der Waals surface area contributed by atoms with Gasteiger partial charge in [-0.1, -0.05) is 12.8 Å². The van der Waals surface area contributed by atoms with E-state index < -0.39 is 5.97 Å². The molecule has 1 aliphatic heterocycles. The number of nitrogens with zero attached hydrogens (tertiary/aromatic N) is 2. The predicted octanol–water partition coefficient (Wildman–Crippen LogP) is 1.60. The summed E-state index contributed by atoms with van der Waals surface area (Å²) in [6, 6.07) is 3.47. The minimum atomic E-state index is -0.933. The van der Waals surface area contributed by atoms with Gasteiger partial charge in [0, 0.05) is 44.9 Å². The van der Waals surface area contributed by atoms with E-state index in [0.29, 0.717) is 13.0 Å². The Labute approximate surface area is 147 Å². The Morgan fingerprint density at radius 2 is 1.80 bits per heavy atom. The third kappa shape index (κ3) is 6.60. The van der Waals surface area contributed by atoms with Crippen molar-refractivity contribution in [2.75, 3.05) is 24.5 Å². The zero-order valence-corrected chi connectivity index (χ0v) is 14.6. The van der Waals surface area contributed by atoms with Crippen LogP contribution in [0.4, 0.5) is 5.69 Å². The lowest BCUT2D eigenvalue weighted by atomic mass is 10.2. The second-order valence-electron chi connectivity index (χ2n) is 6.42. The molecule has 0 aromatic carbocycles. The fraction of sp³-hybridized carbons (Fsp3) is 0.611. The maximum atomic E-state index is 12.0. The summed E-state index contributed by atoms with van der Waals surface area (Å²) in [5.41, 5.74) is 0.997. The topological polar surface area (TPSA) is 91.6 Å². The molecule has 1 aliphatic rings. The molecule has 1 aromatic rings. The van der Waals surface area contributed by atoms with E-state index in [1.54, 1.807) is 10.6 Å². The molecule has 1 fully saturated rings. The van der Waals surface area contributed by atoms with Crippen LogP contribution in [0, 0.1) is 0 Å². The maximum absolute atomic E-state index is 12.0. The fourth-order valence-electron chi connectivity index (χ4n) is 3.02. The van der Waals surface area contributed by atoms with E-state index >= 15 is 0 Å². The molecule has 7 heteroatoms. The van der Waals surface area contributed by atoms with Gasteiger partial charge in [0.05, 0.1) is 12.1 Å². The molecule has 1 aromatic heterocycles. The average molecular weight is 349 g/mol. The summed E-state index contributed by atoms with van der Waals surface area (Å²) in [7, 11) is 0. The Kier molecular flexibility index (Phi) is 7.50. The van der Waals surface area contributed by atoms with Gasteiger partial charge in [-0.2, -0.15) is 0 Å². The van der Waals surface area contributed by atoms with Gasteiger partial charge in [0.2, 0.25) is 5.91 Å².